The molecule has 0 fully saturated rings. The van der Waals surface area contributed by atoms with Crippen LogP contribution in [0.3, 0.4) is 0 Å². The Morgan fingerprint density at radius 2 is 0.929 bits per heavy atom. The smallest absolute Gasteiger partial charge is 0.472 e. The zero-order chi connectivity index (χ0) is 41.2. The molecule has 0 radical (unpaired) electrons. The molecule has 0 bridgehead atoms. The third-order valence-corrected chi connectivity index (χ3v) is 11.2. The molecule has 4 N–H and O–H groups in total. The van der Waals surface area contributed by atoms with Crippen LogP contribution in [0.25, 0.3) is 0 Å². The zero-order valence-electron chi connectivity index (χ0n) is 36.2. The summed E-state index contributed by atoms with van der Waals surface area (Å²) >= 11 is 0. The standard InChI is InChI=1S/C45H88NO9P/c1-3-5-7-9-11-13-15-17-19-20-21-22-24-26-28-30-32-34-36-38-52-39-42(40-53-56(50,51)54-41-43(46)45(48)49)55-44(47)37-35-33-31-29-27-25-23-18-16-14-12-10-8-6-4-2/h19-20,42-43H,3-18,21-41,46H2,1-2H3,(H,48,49)(H,50,51)/b20-19-. The number of esters is 1. The summed E-state index contributed by atoms with van der Waals surface area (Å²) in [5, 5.41) is 8.90. The molecule has 0 saturated heterocycles. The number of phosphoric ester groups is 1. The van der Waals surface area contributed by atoms with E-state index < -0.39 is 45.1 Å². The van der Waals surface area contributed by atoms with Crippen molar-refractivity contribution in [2.45, 2.75) is 238 Å². The molecule has 0 aliphatic carbocycles. The van der Waals surface area contributed by atoms with E-state index in [0.717, 1.165) is 38.5 Å². The fraction of sp³-hybridized carbons (Fsp3) is 0.911. The van der Waals surface area contributed by atoms with Gasteiger partial charge in [0.15, 0.2) is 0 Å². The van der Waals surface area contributed by atoms with E-state index in [-0.39, 0.29) is 13.0 Å². The van der Waals surface area contributed by atoms with Gasteiger partial charge in [0.05, 0.1) is 19.8 Å². The topological polar surface area (TPSA) is 155 Å². The molecule has 0 aromatic heterocycles. The van der Waals surface area contributed by atoms with E-state index in [9.17, 15) is 19.0 Å². The molecule has 11 heteroatoms. The van der Waals surface area contributed by atoms with Crippen LogP contribution in [0.5, 0.6) is 0 Å². The van der Waals surface area contributed by atoms with E-state index in [0.29, 0.717) is 6.61 Å². The van der Waals surface area contributed by atoms with Crippen LogP contribution in [-0.4, -0.2) is 60.5 Å². The van der Waals surface area contributed by atoms with Gasteiger partial charge < -0.3 is 25.2 Å². The Bertz CT molecular complexity index is 951. The predicted molar refractivity (Wildman–Crippen MR) is 231 cm³/mol. The van der Waals surface area contributed by atoms with Gasteiger partial charge in [0.1, 0.15) is 12.1 Å². The number of phosphoric acid groups is 1. The highest BCUT2D eigenvalue weighted by Crippen LogP contribution is 2.43. The van der Waals surface area contributed by atoms with Crippen LogP contribution >= 0.6 is 7.82 Å². The SMILES string of the molecule is CCCCCCCCC/C=C\CCCCCCCCCCOCC(COP(=O)(O)OCC(N)C(=O)O)OC(=O)CCCCCCCCCCCCCCCCC. The van der Waals surface area contributed by atoms with Crippen LogP contribution in [0.1, 0.15) is 226 Å². The van der Waals surface area contributed by atoms with Crippen molar-refractivity contribution in [2.24, 2.45) is 5.73 Å². The number of rotatable bonds is 45. The lowest BCUT2D eigenvalue weighted by atomic mass is 10.0. The maximum absolute atomic E-state index is 12.6. The number of hydrogen-bond acceptors (Lipinski definition) is 8. The van der Waals surface area contributed by atoms with Crippen molar-refractivity contribution >= 4 is 19.8 Å². The minimum Gasteiger partial charge on any atom is -0.480 e. The maximum Gasteiger partial charge on any atom is 0.472 e. The molecule has 3 unspecified atom stereocenters. The van der Waals surface area contributed by atoms with Gasteiger partial charge in [-0.1, -0.05) is 193 Å². The van der Waals surface area contributed by atoms with E-state index in [1.807, 2.05) is 0 Å². The molecule has 0 amide bonds. The number of aliphatic carboxylic acids is 1. The highest BCUT2D eigenvalue weighted by atomic mass is 31.2. The number of unbranched alkanes of at least 4 members (excludes halogenated alkanes) is 29. The number of nitrogens with two attached hydrogens (primary N) is 1. The first-order valence-electron chi connectivity index (χ1n) is 23.2. The summed E-state index contributed by atoms with van der Waals surface area (Å²) in [6.45, 7) is 3.91. The normalized spacial score (nSPS) is 13.9. The first-order chi connectivity index (χ1) is 27.2. The van der Waals surface area contributed by atoms with Crippen LogP contribution in [-0.2, 0) is 32.7 Å². The van der Waals surface area contributed by atoms with Crippen LogP contribution in [0.2, 0.25) is 0 Å². The van der Waals surface area contributed by atoms with Crippen molar-refractivity contribution in [3.63, 3.8) is 0 Å². The second-order valence-corrected chi connectivity index (χ2v) is 17.3. The summed E-state index contributed by atoms with van der Waals surface area (Å²) in [6.07, 6.45) is 44.0. The van der Waals surface area contributed by atoms with Gasteiger partial charge in [-0.25, -0.2) is 4.57 Å². The van der Waals surface area contributed by atoms with Crippen molar-refractivity contribution in [1.82, 2.24) is 0 Å². The summed E-state index contributed by atoms with van der Waals surface area (Å²) in [6, 6.07) is -1.47. The van der Waals surface area contributed by atoms with E-state index in [1.54, 1.807) is 0 Å². The van der Waals surface area contributed by atoms with E-state index in [4.69, 9.17) is 29.4 Å². The number of carbonyl (C=O) groups is 2. The maximum atomic E-state index is 12.6. The number of carboxylic acids is 1. The molecule has 0 aromatic carbocycles. The lowest BCUT2D eigenvalue weighted by molar-refractivity contribution is -0.154. The van der Waals surface area contributed by atoms with Crippen molar-refractivity contribution in [2.75, 3.05) is 26.4 Å². The molecule has 0 aliphatic heterocycles. The largest absolute Gasteiger partial charge is 0.480 e. The minimum atomic E-state index is -4.61. The fourth-order valence-corrected chi connectivity index (χ4v) is 7.44. The molecule has 0 aromatic rings. The first kappa shape index (κ1) is 54.7. The van der Waals surface area contributed by atoms with Gasteiger partial charge in [0.25, 0.3) is 0 Å². The molecular formula is C45H88NO9P. The Morgan fingerprint density at radius 1 is 0.554 bits per heavy atom. The number of ether oxygens (including phenoxy) is 2. The quantitative estimate of drug-likeness (QED) is 0.0234. The number of allylic oxidation sites excluding steroid dienone is 2. The monoisotopic (exact) mass is 818 g/mol. The Hall–Kier alpha value is -1.29. The molecule has 332 valence electrons. The molecule has 3 atom stereocenters. The van der Waals surface area contributed by atoms with E-state index in [2.05, 4.69) is 26.0 Å². The van der Waals surface area contributed by atoms with Gasteiger partial charge in [0, 0.05) is 13.0 Å². The molecule has 0 heterocycles. The summed E-state index contributed by atoms with van der Waals surface area (Å²) in [4.78, 5) is 33.6. The second kappa shape index (κ2) is 41.9. The van der Waals surface area contributed by atoms with Crippen molar-refractivity contribution in [3.8, 4) is 0 Å². The highest BCUT2D eigenvalue weighted by Gasteiger charge is 2.27. The van der Waals surface area contributed by atoms with Crippen LogP contribution in [0.4, 0.5) is 0 Å². The third kappa shape index (κ3) is 40.9. The minimum absolute atomic E-state index is 0.0206. The number of carboxylic acid groups (broad SMARTS) is 1. The molecule has 56 heavy (non-hydrogen) atoms. The molecule has 0 saturated carbocycles. The van der Waals surface area contributed by atoms with Crippen LogP contribution in [0.15, 0.2) is 12.2 Å². The fourth-order valence-electron chi connectivity index (χ4n) is 6.66. The van der Waals surface area contributed by atoms with Gasteiger partial charge >= 0.3 is 19.8 Å². The highest BCUT2D eigenvalue weighted by molar-refractivity contribution is 7.47. The Labute approximate surface area is 343 Å². The lowest BCUT2D eigenvalue weighted by Crippen LogP contribution is -2.34. The summed E-state index contributed by atoms with van der Waals surface area (Å²) in [7, 11) is -4.61. The average Bonchev–Trinajstić information content (AvgIpc) is 3.18. The van der Waals surface area contributed by atoms with Crippen LogP contribution < -0.4 is 5.73 Å². The van der Waals surface area contributed by atoms with Crippen molar-refractivity contribution < 1.29 is 42.7 Å². The number of hydrogen-bond donors (Lipinski definition) is 3. The summed E-state index contributed by atoms with van der Waals surface area (Å²) in [5.74, 6) is -1.77. The molecule has 0 spiro atoms. The van der Waals surface area contributed by atoms with Gasteiger partial charge in [-0.3, -0.25) is 18.6 Å². The number of carbonyl (C=O) groups excluding carboxylic acids is 1. The van der Waals surface area contributed by atoms with Gasteiger partial charge in [-0.05, 0) is 38.5 Å². The third-order valence-electron chi connectivity index (χ3n) is 10.3. The summed E-state index contributed by atoms with van der Waals surface area (Å²) < 4.78 is 33.4. The average molecular weight is 818 g/mol. The summed E-state index contributed by atoms with van der Waals surface area (Å²) in [5.41, 5.74) is 5.36. The molecule has 0 aliphatic rings. The Morgan fingerprint density at radius 3 is 1.36 bits per heavy atom. The van der Waals surface area contributed by atoms with Crippen molar-refractivity contribution in [3.05, 3.63) is 12.2 Å². The van der Waals surface area contributed by atoms with Gasteiger partial charge in [-0.2, -0.15) is 0 Å². The predicted octanol–water partition coefficient (Wildman–Crippen LogP) is 12.9. The lowest BCUT2D eigenvalue weighted by Gasteiger charge is -2.20. The molecule has 0 rings (SSSR count). The Balaban J connectivity index is 4.16. The zero-order valence-corrected chi connectivity index (χ0v) is 37.1. The van der Waals surface area contributed by atoms with Crippen LogP contribution in [0, 0.1) is 0 Å². The Kier molecular flexibility index (Phi) is 40.9. The van der Waals surface area contributed by atoms with Gasteiger partial charge in [0.2, 0.25) is 0 Å². The first-order valence-corrected chi connectivity index (χ1v) is 24.7. The van der Waals surface area contributed by atoms with E-state index >= 15 is 0 Å². The molecular weight excluding hydrogens is 729 g/mol. The second-order valence-electron chi connectivity index (χ2n) is 15.9. The van der Waals surface area contributed by atoms with Crippen molar-refractivity contribution in [1.29, 1.82) is 0 Å². The molecule has 10 nitrogen and oxygen atoms in total. The van der Waals surface area contributed by atoms with E-state index in [1.165, 1.54) is 167 Å². The van der Waals surface area contributed by atoms with Gasteiger partial charge in [-0.15, -0.1) is 0 Å².